The van der Waals surface area contributed by atoms with Gasteiger partial charge in [-0.15, -0.1) is 0 Å². The first-order valence-corrected chi connectivity index (χ1v) is 27.8. The second-order valence-electron chi connectivity index (χ2n) is 18.5. The molecule has 1 unspecified atom stereocenters. The topological polar surface area (TPSA) is 78.9 Å². The van der Waals surface area contributed by atoms with Gasteiger partial charge in [-0.1, -0.05) is 229 Å². The smallest absolute Gasteiger partial charge is 0.306 e. The fraction of sp³-hybridized carbons (Fsp3) is 0.780. The Morgan fingerprint density at radius 3 is 0.892 bits per heavy atom. The third-order valence-electron chi connectivity index (χ3n) is 12.0. The van der Waals surface area contributed by atoms with Crippen LogP contribution in [0.5, 0.6) is 0 Å². The summed E-state index contributed by atoms with van der Waals surface area (Å²) in [5.41, 5.74) is 0. The number of hydrogen-bond acceptors (Lipinski definition) is 6. The van der Waals surface area contributed by atoms with Gasteiger partial charge in [-0.2, -0.15) is 0 Å². The van der Waals surface area contributed by atoms with Crippen LogP contribution in [0.3, 0.4) is 0 Å². The summed E-state index contributed by atoms with van der Waals surface area (Å²) < 4.78 is 16.8. The van der Waals surface area contributed by atoms with Gasteiger partial charge in [0.15, 0.2) is 6.10 Å². The minimum Gasteiger partial charge on any atom is -0.462 e. The number of carbonyl (C=O) groups excluding carboxylic acids is 3. The van der Waals surface area contributed by atoms with Gasteiger partial charge in [0.05, 0.1) is 0 Å². The Hall–Kier alpha value is -2.89. The van der Waals surface area contributed by atoms with E-state index in [2.05, 4.69) is 81.5 Å². The number of carbonyl (C=O) groups is 3. The van der Waals surface area contributed by atoms with Gasteiger partial charge in [-0.3, -0.25) is 14.4 Å². The van der Waals surface area contributed by atoms with E-state index >= 15 is 0 Å². The predicted molar refractivity (Wildman–Crippen MR) is 279 cm³/mol. The molecule has 6 heteroatoms. The second-order valence-corrected chi connectivity index (χ2v) is 18.5. The quantitative estimate of drug-likeness (QED) is 0.0262. The molecular weight excluding hydrogens is 805 g/mol. The minimum atomic E-state index is -0.779. The maximum atomic E-state index is 12.8. The molecule has 0 heterocycles. The molecule has 65 heavy (non-hydrogen) atoms. The van der Waals surface area contributed by atoms with E-state index in [0.29, 0.717) is 19.3 Å². The molecule has 1 atom stereocenters. The van der Waals surface area contributed by atoms with Crippen LogP contribution in [0.15, 0.2) is 60.8 Å². The lowest BCUT2D eigenvalue weighted by atomic mass is 10.1. The summed E-state index contributed by atoms with van der Waals surface area (Å²) in [6, 6.07) is 0. The van der Waals surface area contributed by atoms with Crippen molar-refractivity contribution in [3.8, 4) is 0 Å². The molecule has 0 rings (SSSR count). The van der Waals surface area contributed by atoms with Gasteiger partial charge in [-0.25, -0.2) is 0 Å². The lowest BCUT2D eigenvalue weighted by Crippen LogP contribution is -2.30. The van der Waals surface area contributed by atoms with E-state index in [1.165, 1.54) is 154 Å². The molecule has 0 aromatic heterocycles. The lowest BCUT2D eigenvalue weighted by molar-refractivity contribution is -0.167. The van der Waals surface area contributed by atoms with Crippen molar-refractivity contribution in [2.45, 2.75) is 284 Å². The Kier molecular flexibility index (Phi) is 51.3. The number of esters is 3. The molecule has 6 nitrogen and oxygen atoms in total. The predicted octanol–water partition coefficient (Wildman–Crippen LogP) is 18.4. The Morgan fingerprint density at radius 1 is 0.308 bits per heavy atom. The third kappa shape index (κ3) is 51.9. The average molecular weight is 909 g/mol. The van der Waals surface area contributed by atoms with Gasteiger partial charge in [0.25, 0.3) is 0 Å². The molecule has 376 valence electrons. The third-order valence-corrected chi connectivity index (χ3v) is 12.0. The Bertz CT molecular complexity index is 1180. The molecule has 0 aliphatic heterocycles. The standard InChI is InChI=1S/C59H104O6/c1-4-7-10-13-16-18-20-22-24-26-28-29-31-32-34-36-38-40-43-46-49-52-58(61)64-55-56(54-63-57(60)51-48-45-42-15-12-9-6-3)65-59(62)53-50-47-44-41-39-37-35-33-30-27-25-23-21-19-17-14-11-8-5-2/h17,19-20,22-23,25-26,28,31-32,56H,4-16,18,21,24,27,29-30,33-55H2,1-3H3/b19-17-,22-20-,25-23-,28-26-,32-31-. The van der Waals surface area contributed by atoms with Crippen LogP contribution in [-0.2, 0) is 28.6 Å². The fourth-order valence-corrected chi connectivity index (χ4v) is 7.77. The zero-order valence-electron chi connectivity index (χ0n) is 43.0. The number of hydrogen-bond donors (Lipinski definition) is 0. The molecule has 0 saturated carbocycles. The van der Waals surface area contributed by atoms with Crippen LogP contribution in [0.25, 0.3) is 0 Å². The van der Waals surface area contributed by atoms with Gasteiger partial charge in [0.1, 0.15) is 13.2 Å². The summed E-state index contributed by atoms with van der Waals surface area (Å²) >= 11 is 0. The SMILES string of the molecule is CCCCC/C=C\C/C=C\CCCCCCCCCCCC(=O)OC(COC(=O)CCCCCCCCC)COC(=O)CCCCCCCC/C=C\C/C=C\C/C=C\CCCCCCC. The van der Waals surface area contributed by atoms with Gasteiger partial charge in [0.2, 0.25) is 0 Å². The van der Waals surface area contributed by atoms with E-state index in [-0.39, 0.29) is 31.1 Å². The largest absolute Gasteiger partial charge is 0.462 e. The van der Waals surface area contributed by atoms with E-state index in [0.717, 1.165) is 83.5 Å². The summed E-state index contributed by atoms with van der Waals surface area (Å²) in [7, 11) is 0. The van der Waals surface area contributed by atoms with Crippen molar-refractivity contribution in [3.63, 3.8) is 0 Å². The highest BCUT2D eigenvalue weighted by Crippen LogP contribution is 2.15. The summed E-state index contributed by atoms with van der Waals surface area (Å²) in [5, 5.41) is 0. The molecular formula is C59H104O6. The maximum absolute atomic E-state index is 12.8. The molecule has 0 aliphatic rings. The van der Waals surface area contributed by atoms with Gasteiger partial charge < -0.3 is 14.2 Å². The monoisotopic (exact) mass is 909 g/mol. The molecule has 0 saturated heterocycles. The van der Waals surface area contributed by atoms with Crippen molar-refractivity contribution in [3.05, 3.63) is 60.8 Å². The first-order valence-electron chi connectivity index (χ1n) is 27.8. The van der Waals surface area contributed by atoms with E-state index < -0.39 is 6.10 Å². The summed E-state index contributed by atoms with van der Waals surface area (Å²) in [6.45, 7) is 6.56. The normalized spacial score (nSPS) is 12.5. The fourth-order valence-electron chi connectivity index (χ4n) is 7.77. The molecule has 0 amide bonds. The van der Waals surface area contributed by atoms with Gasteiger partial charge in [0, 0.05) is 19.3 Å². The van der Waals surface area contributed by atoms with Crippen molar-refractivity contribution in [1.82, 2.24) is 0 Å². The van der Waals surface area contributed by atoms with E-state index in [9.17, 15) is 14.4 Å². The summed E-state index contributed by atoms with van der Waals surface area (Å²) in [6.07, 6.45) is 66.5. The number of rotatable bonds is 50. The van der Waals surface area contributed by atoms with Crippen LogP contribution >= 0.6 is 0 Å². The summed E-state index contributed by atoms with van der Waals surface area (Å²) in [5.74, 6) is -0.896. The van der Waals surface area contributed by atoms with Crippen molar-refractivity contribution in [1.29, 1.82) is 0 Å². The Labute approximate surface area is 402 Å². The van der Waals surface area contributed by atoms with Crippen LogP contribution in [-0.4, -0.2) is 37.2 Å². The van der Waals surface area contributed by atoms with Crippen molar-refractivity contribution >= 4 is 17.9 Å². The van der Waals surface area contributed by atoms with Crippen LogP contribution < -0.4 is 0 Å². The second kappa shape index (κ2) is 53.7. The minimum absolute atomic E-state index is 0.0793. The lowest BCUT2D eigenvalue weighted by Gasteiger charge is -2.18. The van der Waals surface area contributed by atoms with Crippen molar-refractivity contribution in [2.75, 3.05) is 13.2 Å². The first-order chi connectivity index (χ1) is 32.0. The van der Waals surface area contributed by atoms with Crippen LogP contribution in [0.2, 0.25) is 0 Å². The highest BCUT2D eigenvalue weighted by atomic mass is 16.6. The van der Waals surface area contributed by atoms with E-state index in [1.54, 1.807) is 0 Å². The number of allylic oxidation sites excluding steroid dienone is 10. The van der Waals surface area contributed by atoms with Crippen LogP contribution in [0, 0.1) is 0 Å². The van der Waals surface area contributed by atoms with Gasteiger partial charge >= 0.3 is 17.9 Å². The number of ether oxygens (including phenoxy) is 3. The molecule has 0 bridgehead atoms. The van der Waals surface area contributed by atoms with Crippen LogP contribution in [0.1, 0.15) is 278 Å². The highest BCUT2D eigenvalue weighted by Gasteiger charge is 2.19. The average Bonchev–Trinajstić information content (AvgIpc) is 3.30. The van der Waals surface area contributed by atoms with Crippen LogP contribution in [0.4, 0.5) is 0 Å². The zero-order chi connectivity index (χ0) is 47.2. The maximum Gasteiger partial charge on any atom is 0.306 e. The van der Waals surface area contributed by atoms with Gasteiger partial charge in [-0.05, 0) is 89.9 Å². The zero-order valence-corrected chi connectivity index (χ0v) is 43.0. The van der Waals surface area contributed by atoms with E-state index in [4.69, 9.17) is 14.2 Å². The molecule has 0 aliphatic carbocycles. The van der Waals surface area contributed by atoms with E-state index in [1.807, 2.05) is 0 Å². The molecule has 0 aromatic rings. The summed E-state index contributed by atoms with van der Waals surface area (Å²) in [4.78, 5) is 37.9. The Balaban J connectivity index is 4.25. The molecule has 0 N–H and O–H groups in total. The first kappa shape index (κ1) is 62.1. The highest BCUT2D eigenvalue weighted by molar-refractivity contribution is 5.71. The molecule has 0 aromatic carbocycles. The molecule has 0 fully saturated rings. The number of unbranched alkanes of at least 4 members (excludes halogenated alkanes) is 29. The Morgan fingerprint density at radius 2 is 0.554 bits per heavy atom. The molecule has 0 radical (unpaired) electrons. The van der Waals surface area contributed by atoms with Crippen molar-refractivity contribution < 1.29 is 28.6 Å². The molecule has 0 spiro atoms. The van der Waals surface area contributed by atoms with Crippen molar-refractivity contribution in [2.24, 2.45) is 0 Å².